The molecule has 3 amide bonds. The lowest BCUT2D eigenvalue weighted by Crippen LogP contribution is -2.31. The van der Waals surface area contributed by atoms with Gasteiger partial charge in [0.15, 0.2) is 0 Å². The molecule has 0 radical (unpaired) electrons. The highest BCUT2D eigenvalue weighted by molar-refractivity contribution is 6.20. The summed E-state index contributed by atoms with van der Waals surface area (Å²) in [5, 5.41) is 11.5. The lowest BCUT2D eigenvalue weighted by molar-refractivity contribution is -0.115. The number of imide groups is 1. The zero-order chi connectivity index (χ0) is 10.8. The second-order valence-corrected chi connectivity index (χ2v) is 3.17. The minimum absolute atomic E-state index is 0.0125. The molecule has 0 unspecified atom stereocenters. The zero-order valence-corrected chi connectivity index (χ0v) is 7.93. The molecule has 0 saturated carbocycles. The number of aliphatic hydroxyl groups is 1. The molecule has 15 heavy (non-hydrogen) atoms. The Hall–Kier alpha value is -1.88. The summed E-state index contributed by atoms with van der Waals surface area (Å²) < 4.78 is 0. The maximum absolute atomic E-state index is 11.4. The van der Waals surface area contributed by atoms with E-state index in [-0.39, 0.29) is 19.1 Å². The third-order valence-electron chi connectivity index (χ3n) is 2.25. The van der Waals surface area contributed by atoms with Crippen LogP contribution in [0.4, 0.5) is 10.5 Å². The van der Waals surface area contributed by atoms with Crippen molar-refractivity contribution in [2.45, 2.75) is 6.61 Å². The van der Waals surface area contributed by atoms with Crippen molar-refractivity contribution >= 4 is 17.6 Å². The van der Waals surface area contributed by atoms with Crippen molar-refractivity contribution in [3.8, 4) is 0 Å². The predicted octanol–water partition coefficient (Wildman–Crippen LogP) is 0.235. The van der Waals surface area contributed by atoms with E-state index in [0.717, 1.165) is 4.90 Å². The topological polar surface area (TPSA) is 69.6 Å². The second-order valence-electron chi connectivity index (χ2n) is 3.17. The highest BCUT2D eigenvalue weighted by Gasteiger charge is 2.31. The molecular formula is C10H10N2O3. The van der Waals surface area contributed by atoms with Crippen LogP contribution in [-0.2, 0) is 11.4 Å². The zero-order valence-electron chi connectivity index (χ0n) is 7.93. The monoisotopic (exact) mass is 206 g/mol. The molecule has 5 nitrogen and oxygen atoms in total. The lowest BCUT2D eigenvalue weighted by atomic mass is 10.1. The molecule has 1 aromatic carbocycles. The van der Waals surface area contributed by atoms with E-state index in [2.05, 4.69) is 5.32 Å². The molecule has 0 spiro atoms. The number of amides is 3. The van der Waals surface area contributed by atoms with Crippen LogP contribution < -0.4 is 10.2 Å². The molecule has 1 saturated heterocycles. The Morgan fingerprint density at radius 1 is 1.33 bits per heavy atom. The van der Waals surface area contributed by atoms with Gasteiger partial charge in [-0.1, -0.05) is 18.2 Å². The number of rotatable bonds is 2. The van der Waals surface area contributed by atoms with E-state index in [0.29, 0.717) is 11.3 Å². The SMILES string of the molecule is O=C1CNC(=O)N1c1ccccc1CO. The average molecular weight is 206 g/mol. The maximum Gasteiger partial charge on any atom is 0.329 e. The number of carbonyl (C=O) groups excluding carboxylic acids is 2. The Labute approximate surface area is 86.3 Å². The van der Waals surface area contributed by atoms with Gasteiger partial charge in [-0.05, 0) is 6.07 Å². The number of carbonyl (C=O) groups is 2. The largest absolute Gasteiger partial charge is 0.392 e. The van der Waals surface area contributed by atoms with Crippen molar-refractivity contribution in [1.82, 2.24) is 5.32 Å². The summed E-state index contributed by atoms with van der Waals surface area (Å²) >= 11 is 0. The molecule has 0 aromatic heterocycles. The number of hydrogen-bond acceptors (Lipinski definition) is 3. The average Bonchev–Trinajstić information content (AvgIpc) is 2.59. The molecule has 0 bridgehead atoms. The third-order valence-corrected chi connectivity index (χ3v) is 2.25. The first kappa shape index (κ1) is 9.67. The van der Waals surface area contributed by atoms with Crippen LogP contribution in [-0.4, -0.2) is 23.6 Å². The highest BCUT2D eigenvalue weighted by atomic mass is 16.3. The van der Waals surface area contributed by atoms with E-state index in [4.69, 9.17) is 5.11 Å². The van der Waals surface area contributed by atoms with Crippen LogP contribution >= 0.6 is 0 Å². The number of benzene rings is 1. The van der Waals surface area contributed by atoms with Gasteiger partial charge in [-0.15, -0.1) is 0 Å². The number of aliphatic hydroxyl groups excluding tert-OH is 1. The standard InChI is InChI=1S/C10H10N2O3/c13-6-7-3-1-2-4-8(7)12-9(14)5-11-10(12)15/h1-4,13H,5-6H2,(H,11,15). The van der Waals surface area contributed by atoms with Crippen molar-refractivity contribution in [2.75, 3.05) is 11.4 Å². The number of nitrogens with one attached hydrogen (secondary N) is 1. The van der Waals surface area contributed by atoms with Crippen molar-refractivity contribution in [3.63, 3.8) is 0 Å². The van der Waals surface area contributed by atoms with E-state index >= 15 is 0 Å². The van der Waals surface area contributed by atoms with Crippen LogP contribution in [0.15, 0.2) is 24.3 Å². The van der Waals surface area contributed by atoms with Crippen LogP contribution in [0.2, 0.25) is 0 Å². The number of hydrogen-bond donors (Lipinski definition) is 2. The van der Waals surface area contributed by atoms with Crippen LogP contribution in [0.25, 0.3) is 0 Å². The normalized spacial score (nSPS) is 15.7. The van der Waals surface area contributed by atoms with Crippen molar-refractivity contribution in [2.24, 2.45) is 0 Å². The van der Waals surface area contributed by atoms with Gasteiger partial charge in [0.2, 0.25) is 0 Å². The van der Waals surface area contributed by atoms with Crippen molar-refractivity contribution < 1.29 is 14.7 Å². The van der Waals surface area contributed by atoms with E-state index < -0.39 is 6.03 Å². The molecule has 1 heterocycles. The Kier molecular flexibility index (Phi) is 2.39. The van der Waals surface area contributed by atoms with Gasteiger partial charge >= 0.3 is 6.03 Å². The first-order valence-corrected chi connectivity index (χ1v) is 4.53. The summed E-state index contributed by atoms with van der Waals surface area (Å²) in [6.45, 7) is -0.189. The first-order valence-electron chi connectivity index (χ1n) is 4.53. The van der Waals surface area contributed by atoms with Crippen LogP contribution in [0.5, 0.6) is 0 Å². The Morgan fingerprint density at radius 2 is 2.07 bits per heavy atom. The Bertz CT molecular complexity index is 401. The molecular weight excluding hydrogens is 196 g/mol. The van der Waals surface area contributed by atoms with Crippen LogP contribution in [0.1, 0.15) is 5.56 Å². The minimum atomic E-state index is -0.444. The van der Waals surface area contributed by atoms with Gasteiger partial charge < -0.3 is 10.4 Å². The number of anilines is 1. The van der Waals surface area contributed by atoms with Gasteiger partial charge in [0.05, 0.1) is 18.8 Å². The van der Waals surface area contributed by atoms with Gasteiger partial charge in [0.25, 0.3) is 5.91 Å². The van der Waals surface area contributed by atoms with Crippen LogP contribution in [0, 0.1) is 0 Å². The second kappa shape index (κ2) is 3.70. The molecule has 78 valence electrons. The molecule has 2 rings (SSSR count). The van der Waals surface area contributed by atoms with E-state index in [1.807, 2.05) is 0 Å². The summed E-state index contributed by atoms with van der Waals surface area (Å²) in [4.78, 5) is 23.8. The smallest absolute Gasteiger partial charge is 0.329 e. The molecule has 5 heteroatoms. The number of urea groups is 1. The molecule has 1 fully saturated rings. The summed E-state index contributed by atoms with van der Waals surface area (Å²) in [6.07, 6.45) is 0. The molecule has 1 aliphatic rings. The van der Waals surface area contributed by atoms with E-state index in [9.17, 15) is 9.59 Å². The van der Waals surface area contributed by atoms with Crippen molar-refractivity contribution in [1.29, 1.82) is 0 Å². The molecule has 0 atom stereocenters. The number of para-hydroxylation sites is 1. The predicted molar refractivity (Wildman–Crippen MR) is 53.2 cm³/mol. The maximum atomic E-state index is 11.4. The minimum Gasteiger partial charge on any atom is -0.392 e. The Morgan fingerprint density at radius 3 is 2.67 bits per heavy atom. The summed E-state index contributed by atoms with van der Waals surface area (Å²) in [5.74, 6) is -0.305. The fraction of sp³-hybridized carbons (Fsp3) is 0.200. The third kappa shape index (κ3) is 1.57. The first-order chi connectivity index (χ1) is 7.24. The summed E-state index contributed by atoms with van der Waals surface area (Å²) in [5.41, 5.74) is 1.00. The molecule has 2 N–H and O–H groups in total. The molecule has 1 aliphatic heterocycles. The van der Waals surface area contributed by atoms with Gasteiger partial charge in [-0.3, -0.25) is 4.79 Å². The lowest BCUT2D eigenvalue weighted by Gasteiger charge is -2.15. The van der Waals surface area contributed by atoms with Gasteiger partial charge in [0, 0.05) is 5.56 Å². The van der Waals surface area contributed by atoms with Gasteiger partial charge in [-0.25, -0.2) is 9.69 Å². The highest BCUT2D eigenvalue weighted by Crippen LogP contribution is 2.22. The van der Waals surface area contributed by atoms with Gasteiger partial charge in [-0.2, -0.15) is 0 Å². The summed E-state index contributed by atoms with van der Waals surface area (Å²) in [6, 6.07) is 6.32. The van der Waals surface area contributed by atoms with Crippen LogP contribution in [0.3, 0.4) is 0 Å². The number of nitrogens with zero attached hydrogens (tertiary/aromatic N) is 1. The quantitative estimate of drug-likeness (QED) is 0.681. The molecule has 0 aliphatic carbocycles. The Balaban J connectivity index is 2.44. The van der Waals surface area contributed by atoms with Crippen molar-refractivity contribution in [3.05, 3.63) is 29.8 Å². The van der Waals surface area contributed by atoms with E-state index in [1.165, 1.54) is 0 Å². The fourth-order valence-corrected chi connectivity index (χ4v) is 1.53. The van der Waals surface area contributed by atoms with E-state index in [1.54, 1.807) is 24.3 Å². The molecule has 1 aromatic rings. The summed E-state index contributed by atoms with van der Waals surface area (Å²) in [7, 11) is 0. The fourth-order valence-electron chi connectivity index (χ4n) is 1.53. The van der Waals surface area contributed by atoms with Gasteiger partial charge in [0.1, 0.15) is 0 Å².